The molecule has 1 fully saturated rings. The van der Waals surface area contributed by atoms with Crippen molar-refractivity contribution in [2.45, 2.75) is 70.8 Å². The second-order valence-electron chi connectivity index (χ2n) is 6.26. The molecule has 2 nitrogen and oxygen atoms in total. The molecule has 1 aliphatic carbocycles. The van der Waals surface area contributed by atoms with Gasteiger partial charge in [0, 0.05) is 18.4 Å². The van der Waals surface area contributed by atoms with Crippen molar-refractivity contribution in [1.82, 2.24) is 10.3 Å². The molecule has 1 aromatic rings. The molecule has 2 unspecified atom stereocenters. The Morgan fingerprint density at radius 3 is 2.30 bits per heavy atom. The summed E-state index contributed by atoms with van der Waals surface area (Å²) >= 11 is 0. The number of hydrogen-bond acceptors (Lipinski definition) is 2. The van der Waals surface area contributed by atoms with Crippen LogP contribution in [-0.4, -0.2) is 17.6 Å². The van der Waals surface area contributed by atoms with Crippen molar-refractivity contribution in [1.29, 1.82) is 0 Å². The van der Waals surface area contributed by atoms with Crippen molar-refractivity contribution < 1.29 is 0 Å². The molecule has 0 amide bonds. The molecule has 2 atom stereocenters. The monoisotopic (exact) mass is 274 g/mol. The van der Waals surface area contributed by atoms with Gasteiger partial charge in [-0.15, -0.1) is 0 Å². The van der Waals surface area contributed by atoms with Crippen LogP contribution < -0.4 is 5.32 Å². The van der Waals surface area contributed by atoms with E-state index in [0.29, 0.717) is 12.0 Å². The maximum Gasteiger partial charge on any atom is 0.0270 e. The van der Waals surface area contributed by atoms with Gasteiger partial charge in [0.25, 0.3) is 0 Å². The largest absolute Gasteiger partial charge is 0.313 e. The Morgan fingerprint density at radius 1 is 1.10 bits per heavy atom. The van der Waals surface area contributed by atoms with E-state index in [1.807, 2.05) is 12.4 Å². The summed E-state index contributed by atoms with van der Waals surface area (Å²) in [4.78, 5) is 4.15. The Balaban J connectivity index is 2.07. The molecule has 0 saturated heterocycles. The summed E-state index contributed by atoms with van der Waals surface area (Å²) < 4.78 is 0. The van der Waals surface area contributed by atoms with Crippen molar-refractivity contribution in [2.75, 3.05) is 6.54 Å². The number of rotatable bonds is 5. The summed E-state index contributed by atoms with van der Waals surface area (Å²) in [7, 11) is 0. The van der Waals surface area contributed by atoms with Gasteiger partial charge in [0.1, 0.15) is 0 Å². The lowest BCUT2D eigenvalue weighted by molar-refractivity contribution is 0.262. The van der Waals surface area contributed by atoms with Crippen LogP contribution >= 0.6 is 0 Å². The normalized spacial score (nSPS) is 20.9. The average Bonchev–Trinajstić information content (AvgIpc) is 2.45. The van der Waals surface area contributed by atoms with E-state index in [4.69, 9.17) is 0 Å². The molecular formula is C18H30N2. The summed E-state index contributed by atoms with van der Waals surface area (Å²) in [6.45, 7) is 5.67. The van der Waals surface area contributed by atoms with E-state index in [-0.39, 0.29) is 0 Å². The highest BCUT2D eigenvalue weighted by atomic mass is 14.9. The van der Waals surface area contributed by atoms with Gasteiger partial charge >= 0.3 is 0 Å². The predicted octanol–water partition coefficient (Wildman–Crippen LogP) is 4.52. The van der Waals surface area contributed by atoms with Crippen LogP contribution in [0.15, 0.2) is 24.5 Å². The standard InChI is InChI=1S/C18H30N2/c1-3-20-18(15(2)16-11-13-19-14-12-16)17-9-7-5-4-6-8-10-17/h11-15,17-18,20H,3-10H2,1-2H3. The first kappa shape index (κ1) is 15.5. The van der Waals surface area contributed by atoms with Gasteiger partial charge in [-0.3, -0.25) is 4.98 Å². The number of nitrogens with one attached hydrogen (secondary N) is 1. The Bertz CT molecular complexity index is 355. The Kier molecular flexibility index (Phi) is 6.52. The zero-order chi connectivity index (χ0) is 14.2. The van der Waals surface area contributed by atoms with E-state index in [1.165, 1.54) is 50.5 Å². The molecule has 0 aliphatic heterocycles. The Morgan fingerprint density at radius 2 is 1.70 bits per heavy atom. The summed E-state index contributed by atoms with van der Waals surface area (Å²) in [6, 6.07) is 4.97. The highest BCUT2D eigenvalue weighted by Gasteiger charge is 2.27. The highest BCUT2D eigenvalue weighted by Crippen LogP contribution is 2.32. The van der Waals surface area contributed by atoms with Gasteiger partial charge in [0.05, 0.1) is 0 Å². The van der Waals surface area contributed by atoms with E-state index >= 15 is 0 Å². The third kappa shape index (κ3) is 4.31. The molecule has 2 rings (SSSR count). The van der Waals surface area contributed by atoms with Crippen LogP contribution in [0.5, 0.6) is 0 Å². The zero-order valence-corrected chi connectivity index (χ0v) is 13.1. The van der Waals surface area contributed by atoms with Crippen LogP contribution in [0.1, 0.15) is 70.3 Å². The van der Waals surface area contributed by atoms with E-state index in [1.54, 1.807) is 0 Å². The van der Waals surface area contributed by atoms with Gasteiger partial charge in [-0.2, -0.15) is 0 Å². The van der Waals surface area contributed by atoms with Crippen LogP contribution in [0.3, 0.4) is 0 Å². The summed E-state index contributed by atoms with van der Waals surface area (Å²) in [5.41, 5.74) is 1.42. The average molecular weight is 274 g/mol. The fourth-order valence-corrected chi connectivity index (χ4v) is 3.71. The topological polar surface area (TPSA) is 24.9 Å². The molecule has 1 heterocycles. The van der Waals surface area contributed by atoms with Crippen LogP contribution in [0.4, 0.5) is 0 Å². The third-order valence-corrected chi connectivity index (χ3v) is 4.87. The molecule has 1 aliphatic rings. The molecule has 2 heteroatoms. The highest BCUT2D eigenvalue weighted by molar-refractivity contribution is 5.17. The van der Waals surface area contributed by atoms with E-state index in [0.717, 1.165) is 12.5 Å². The molecule has 0 bridgehead atoms. The van der Waals surface area contributed by atoms with Crippen LogP contribution in [0, 0.1) is 5.92 Å². The first-order valence-corrected chi connectivity index (χ1v) is 8.46. The van der Waals surface area contributed by atoms with Gasteiger partial charge in [-0.1, -0.05) is 46.0 Å². The summed E-state index contributed by atoms with van der Waals surface area (Å²) in [6.07, 6.45) is 13.8. The first-order valence-electron chi connectivity index (χ1n) is 8.46. The minimum Gasteiger partial charge on any atom is -0.313 e. The van der Waals surface area contributed by atoms with E-state index in [2.05, 4.69) is 36.3 Å². The van der Waals surface area contributed by atoms with Crippen molar-refractivity contribution in [3.8, 4) is 0 Å². The molecule has 1 N–H and O–H groups in total. The fourth-order valence-electron chi connectivity index (χ4n) is 3.71. The smallest absolute Gasteiger partial charge is 0.0270 e. The lowest BCUT2D eigenvalue weighted by Gasteiger charge is -2.34. The molecule has 1 aromatic heterocycles. The molecule has 1 saturated carbocycles. The minimum atomic E-state index is 0.572. The second kappa shape index (κ2) is 8.41. The van der Waals surface area contributed by atoms with Gasteiger partial charge < -0.3 is 5.32 Å². The number of aromatic nitrogens is 1. The molecule has 0 spiro atoms. The van der Waals surface area contributed by atoms with Crippen molar-refractivity contribution in [2.24, 2.45) is 5.92 Å². The second-order valence-corrected chi connectivity index (χ2v) is 6.26. The Labute approximate surface area is 124 Å². The SMILES string of the molecule is CCNC(C1CCCCCCC1)C(C)c1ccncc1. The third-order valence-electron chi connectivity index (χ3n) is 4.87. The number of pyridine rings is 1. The molecule has 112 valence electrons. The lowest BCUT2D eigenvalue weighted by Crippen LogP contribution is -2.40. The maximum absolute atomic E-state index is 4.15. The van der Waals surface area contributed by atoms with Gasteiger partial charge in [-0.05, 0) is 48.9 Å². The van der Waals surface area contributed by atoms with Gasteiger partial charge in [0.2, 0.25) is 0 Å². The summed E-state index contributed by atoms with van der Waals surface area (Å²) in [5, 5.41) is 3.78. The number of nitrogens with zero attached hydrogens (tertiary/aromatic N) is 1. The van der Waals surface area contributed by atoms with Crippen molar-refractivity contribution >= 4 is 0 Å². The van der Waals surface area contributed by atoms with Crippen molar-refractivity contribution in [3.63, 3.8) is 0 Å². The van der Waals surface area contributed by atoms with Crippen molar-refractivity contribution in [3.05, 3.63) is 30.1 Å². The van der Waals surface area contributed by atoms with Crippen LogP contribution in [-0.2, 0) is 0 Å². The fraction of sp³-hybridized carbons (Fsp3) is 0.722. The number of hydrogen-bond donors (Lipinski definition) is 1. The quantitative estimate of drug-likeness (QED) is 0.853. The van der Waals surface area contributed by atoms with E-state index < -0.39 is 0 Å². The number of likely N-dealkylation sites (N-methyl/N-ethyl adjacent to an activating group) is 1. The molecule has 0 aromatic carbocycles. The van der Waals surface area contributed by atoms with E-state index in [9.17, 15) is 0 Å². The van der Waals surface area contributed by atoms with Gasteiger partial charge in [0.15, 0.2) is 0 Å². The lowest BCUT2D eigenvalue weighted by atomic mass is 9.78. The maximum atomic E-state index is 4.15. The summed E-state index contributed by atoms with van der Waals surface area (Å²) in [5.74, 6) is 1.40. The molecular weight excluding hydrogens is 244 g/mol. The first-order chi connectivity index (χ1) is 9.83. The predicted molar refractivity (Wildman–Crippen MR) is 85.9 cm³/mol. The zero-order valence-electron chi connectivity index (χ0n) is 13.1. The van der Waals surface area contributed by atoms with Crippen LogP contribution in [0.2, 0.25) is 0 Å². The molecule has 0 radical (unpaired) electrons. The van der Waals surface area contributed by atoms with Gasteiger partial charge in [-0.25, -0.2) is 0 Å². The Hall–Kier alpha value is -0.890. The van der Waals surface area contributed by atoms with Crippen LogP contribution in [0.25, 0.3) is 0 Å². The minimum absolute atomic E-state index is 0.572. The molecule has 20 heavy (non-hydrogen) atoms.